The van der Waals surface area contributed by atoms with E-state index in [1.165, 1.54) is 24.6 Å². The summed E-state index contributed by atoms with van der Waals surface area (Å²) in [5.74, 6) is 1.56. The minimum absolute atomic E-state index is 0.0280. The van der Waals surface area contributed by atoms with Gasteiger partial charge in [-0.25, -0.2) is 0 Å². The number of thioether (sulfide) groups is 1. The maximum atomic E-state index is 11.8. The Hall–Kier alpha value is -0.710. The summed E-state index contributed by atoms with van der Waals surface area (Å²) in [6, 6.07) is 0.291. The molecule has 1 aliphatic rings. The Morgan fingerprint density at radius 2 is 2.00 bits per heavy atom. The number of hydrogen-bond acceptors (Lipinski definition) is 4. The highest BCUT2D eigenvalue weighted by Gasteiger charge is 2.27. The lowest BCUT2D eigenvalue weighted by atomic mass is 9.78. The van der Waals surface area contributed by atoms with Crippen LogP contribution in [-0.4, -0.2) is 36.0 Å². The molecule has 1 N–H and O–H groups in total. The molecule has 0 spiro atoms. The summed E-state index contributed by atoms with van der Waals surface area (Å²) in [4.78, 5) is 23.0. The normalized spacial score (nSPS) is 26.8. The van der Waals surface area contributed by atoms with Crippen LogP contribution in [0.5, 0.6) is 0 Å². The fourth-order valence-corrected chi connectivity index (χ4v) is 3.08. The lowest BCUT2D eigenvalue weighted by Crippen LogP contribution is -2.44. The average molecular weight is 287 g/mol. The molecule has 0 saturated heterocycles. The number of carbonyl (C=O) groups is 2. The SMILES string of the molecule is CCOC(=O)CSCC(=O)N[C@@H]1CCC[C@H](C)[C@@H]1C. The summed E-state index contributed by atoms with van der Waals surface area (Å²) in [6.45, 7) is 6.63. The second-order valence-electron chi connectivity index (χ2n) is 5.24. The van der Waals surface area contributed by atoms with Gasteiger partial charge < -0.3 is 10.1 Å². The van der Waals surface area contributed by atoms with Gasteiger partial charge in [0.25, 0.3) is 0 Å². The van der Waals surface area contributed by atoms with E-state index in [0.29, 0.717) is 30.2 Å². The van der Waals surface area contributed by atoms with Crippen LogP contribution in [-0.2, 0) is 14.3 Å². The number of rotatable bonds is 6. The lowest BCUT2D eigenvalue weighted by molar-refractivity contribution is -0.139. The maximum Gasteiger partial charge on any atom is 0.315 e. The summed E-state index contributed by atoms with van der Waals surface area (Å²) >= 11 is 1.31. The molecule has 0 aromatic heterocycles. The Morgan fingerprint density at radius 3 is 2.68 bits per heavy atom. The molecule has 110 valence electrons. The average Bonchev–Trinajstić information content (AvgIpc) is 2.35. The first-order chi connectivity index (χ1) is 9.04. The fraction of sp³-hybridized carbons (Fsp3) is 0.857. The summed E-state index contributed by atoms with van der Waals surface area (Å²) < 4.78 is 4.81. The molecule has 5 heteroatoms. The van der Waals surface area contributed by atoms with Crippen LogP contribution in [0.25, 0.3) is 0 Å². The second kappa shape index (κ2) is 8.46. The van der Waals surface area contributed by atoms with Crippen molar-refractivity contribution in [2.75, 3.05) is 18.1 Å². The van der Waals surface area contributed by atoms with Crippen molar-refractivity contribution in [1.82, 2.24) is 5.32 Å². The highest BCUT2D eigenvalue weighted by Crippen LogP contribution is 2.29. The van der Waals surface area contributed by atoms with Gasteiger partial charge in [-0.1, -0.05) is 26.7 Å². The molecular weight excluding hydrogens is 262 g/mol. The van der Waals surface area contributed by atoms with Crippen LogP contribution in [0.4, 0.5) is 0 Å². The number of ether oxygens (including phenoxy) is 1. The van der Waals surface area contributed by atoms with Crippen LogP contribution in [0.1, 0.15) is 40.0 Å². The van der Waals surface area contributed by atoms with Gasteiger partial charge in [-0.15, -0.1) is 11.8 Å². The van der Waals surface area contributed by atoms with Crippen LogP contribution in [0.2, 0.25) is 0 Å². The molecular formula is C14H25NO3S. The minimum atomic E-state index is -0.250. The van der Waals surface area contributed by atoms with E-state index in [1.807, 2.05) is 0 Å². The number of esters is 1. The van der Waals surface area contributed by atoms with E-state index in [0.717, 1.165) is 6.42 Å². The van der Waals surface area contributed by atoms with Crippen molar-refractivity contribution in [3.05, 3.63) is 0 Å². The van der Waals surface area contributed by atoms with Crippen molar-refractivity contribution in [3.63, 3.8) is 0 Å². The van der Waals surface area contributed by atoms with Crippen LogP contribution < -0.4 is 5.32 Å². The van der Waals surface area contributed by atoms with Gasteiger partial charge in [-0.05, 0) is 25.2 Å². The molecule has 0 aromatic carbocycles. The molecule has 19 heavy (non-hydrogen) atoms. The van der Waals surface area contributed by atoms with Gasteiger partial charge >= 0.3 is 5.97 Å². The van der Waals surface area contributed by atoms with Crippen LogP contribution in [0, 0.1) is 11.8 Å². The van der Waals surface area contributed by atoms with Crippen molar-refractivity contribution in [1.29, 1.82) is 0 Å². The van der Waals surface area contributed by atoms with E-state index in [2.05, 4.69) is 19.2 Å². The number of nitrogens with one attached hydrogen (secondary N) is 1. The monoisotopic (exact) mass is 287 g/mol. The molecule has 0 aliphatic heterocycles. The van der Waals surface area contributed by atoms with Gasteiger partial charge in [0, 0.05) is 6.04 Å². The predicted octanol–water partition coefficient (Wildman–Crippen LogP) is 2.22. The molecule has 0 radical (unpaired) electrons. The van der Waals surface area contributed by atoms with Crippen LogP contribution >= 0.6 is 11.8 Å². The zero-order valence-electron chi connectivity index (χ0n) is 12.1. The molecule has 1 aliphatic carbocycles. The van der Waals surface area contributed by atoms with Crippen LogP contribution in [0.3, 0.4) is 0 Å². The zero-order valence-corrected chi connectivity index (χ0v) is 12.9. The van der Waals surface area contributed by atoms with Crippen LogP contribution in [0.15, 0.2) is 0 Å². The van der Waals surface area contributed by atoms with Crippen molar-refractivity contribution >= 4 is 23.6 Å². The Labute approximate surface area is 120 Å². The molecule has 4 nitrogen and oxygen atoms in total. The van der Waals surface area contributed by atoms with Crippen molar-refractivity contribution < 1.29 is 14.3 Å². The molecule has 1 amide bonds. The smallest absolute Gasteiger partial charge is 0.315 e. The highest BCUT2D eigenvalue weighted by atomic mass is 32.2. The number of carbonyl (C=O) groups excluding carboxylic acids is 2. The zero-order chi connectivity index (χ0) is 14.3. The Morgan fingerprint density at radius 1 is 1.26 bits per heavy atom. The quantitative estimate of drug-likeness (QED) is 0.761. The Bertz CT molecular complexity index is 309. The third kappa shape index (κ3) is 5.85. The topological polar surface area (TPSA) is 55.4 Å². The maximum absolute atomic E-state index is 11.8. The van der Waals surface area contributed by atoms with Gasteiger partial charge in [-0.3, -0.25) is 9.59 Å². The number of hydrogen-bond donors (Lipinski definition) is 1. The van der Waals surface area contributed by atoms with E-state index < -0.39 is 0 Å². The first-order valence-corrected chi connectivity index (χ1v) is 8.22. The number of amides is 1. The van der Waals surface area contributed by atoms with E-state index >= 15 is 0 Å². The molecule has 0 heterocycles. The van der Waals surface area contributed by atoms with Gasteiger partial charge in [0.2, 0.25) is 5.91 Å². The molecule has 1 fully saturated rings. The molecule has 1 rings (SSSR count). The van der Waals surface area contributed by atoms with E-state index in [-0.39, 0.29) is 17.6 Å². The van der Waals surface area contributed by atoms with E-state index in [1.54, 1.807) is 6.92 Å². The predicted molar refractivity (Wildman–Crippen MR) is 78.1 cm³/mol. The third-order valence-corrected chi connectivity index (χ3v) is 4.72. The Balaban J connectivity index is 2.21. The van der Waals surface area contributed by atoms with E-state index in [9.17, 15) is 9.59 Å². The largest absolute Gasteiger partial charge is 0.465 e. The molecule has 0 bridgehead atoms. The standard InChI is InChI=1S/C14H25NO3S/c1-4-18-14(17)9-19-8-13(16)15-12-7-5-6-10(2)11(12)3/h10-12H,4-9H2,1-3H3,(H,15,16)/t10-,11-,12+/m0/s1. The van der Waals surface area contributed by atoms with Crippen molar-refractivity contribution in [2.45, 2.75) is 46.1 Å². The fourth-order valence-electron chi connectivity index (χ4n) is 2.46. The van der Waals surface area contributed by atoms with Crippen molar-refractivity contribution in [2.24, 2.45) is 11.8 Å². The summed E-state index contributed by atoms with van der Waals surface area (Å²) in [7, 11) is 0. The third-order valence-electron chi connectivity index (χ3n) is 3.81. The van der Waals surface area contributed by atoms with Gasteiger partial charge in [0.1, 0.15) is 0 Å². The van der Waals surface area contributed by atoms with Gasteiger partial charge in [0.15, 0.2) is 0 Å². The first kappa shape index (κ1) is 16.3. The highest BCUT2D eigenvalue weighted by molar-refractivity contribution is 8.00. The van der Waals surface area contributed by atoms with Crippen molar-refractivity contribution in [3.8, 4) is 0 Å². The summed E-state index contributed by atoms with van der Waals surface area (Å²) in [5, 5.41) is 3.09. The second-order valence-corrected chi connectivity index (χ2v) is 6.22. The Kier molecular flexibility index (Phi) is 7.28. The molecule has 0 unspecified atom stereocenters. The van der Waals surface area contributed by atoms with Gasteiger partial charge in [-0.2, -0.15) is 0 Å². The molecule has 1 saturated carbocycles. The van der Waals surface area contributed by atoms with E-state index in [4.69, 9.17) is 4.74 Å². The summed E-state index contributed by atoms with van der Waals surface area (Å²) in [6.07, 6.45) is 3.51. The molecule has 0 aromatic rings. The lowest BCUT2D eigenvalue weighted by Gasteiger charge is -2.34. The van der Waals surface area contributed by atoms with Gasteiger partial charge in [0.05, 0.1) is 18.1 Å². The summed E-state index contributed by atoms with van der Waals surface area (Å²) in [5.41, 5.74) is 0. The first-order valence-electron chi connectivity index (χ1n) is 7.07. The molecule has 3 atom stereocenters. The minimum Gasteiger partial charge on any atom is -0.465 e.